The number of benzene rings is 1. The number of fused-ring (bicyclic) bond motifs is 3. The van der Waals surface area contributed by atoms with Gasteiger partial charge < -0.3 is 20.4 Å². The second-order valence-corrected chi connectivity index (χ2v) is 12.4. The minimum atomic E-state index is -2.64. The van der Waals surface area contributed by atoms with Gasteiger partial charge in [0.25, 0.3) is 0 Å². The van der Waals surface area contributed by atoms with E-state index in [1.54, 1.807) is 53.7 Å². The number of phenolic OH excluding ortho intramolecular Hbond substituents is 1. The van der Waals surface area contributed by atoms with Crippen molar-refractivity contribution in [1.29, 1.82) is 0 Å². The number of ketones is 4. The smallest absolute Gasteiger partial charge is 0.209 e. The number of hydrogen-bond donors (Lipinski definition) is 4. The lowest BCUT2D eigenvalue weighted by Crippen LogP contribution is -2.67. The molecule has 0 radical (unpaired) electrons. The highest BCUT2D eigenvalue weighted by atomic mass is 16.3. The van der Waals surface area contributed by atoms with Crippen LogP contribution >= 0.6 is 0 Å². The number of aliphatic hydroxyl groups excluding tert-OH is 2. The molecule has 4 N–H and O–H groups in total. The Labute approximate surface area is 227 Å². The largest absolute Gasteiger partial charge is 0.511 e. The van der Waals surface area contributed by atoms with E-state index in [2.05, 4.69) is 0 Å². The van der Waals surface area contributed by atoms with Gasteiger partial charge >= 0.3 is 0 Å². The van der Waals surface area contributed by atoms with Crippen LogP contribution in [0.2, 0.25) is 0 Å². The van der Waals surface area contributed by atoms with E-state index >= 15 is 0 Å². The molecule has 0 saturated carbocycles. The van der Waals surface area contributed by atoms with Crippen LogP contribution in [0.15, 0.2) is 40.9 Å². The maximum absolute atomic E-state index is 14.0. The minimum absolute atomic E-state index is 0.00857. The van der Waals surface area contributed by atoms with Crippen LogP contribution in [0.3, 0.4) is 0 Å². The number of aliphatic hydroxyl groups is 3. The lowest BCUT2D eigenvalue weighted by atomic mass is 9.44. The Morgan fingerprint density at radius 2 is 1.67 bits per heavy atom. The van der Waals surface area contributed by atoms with Crippen LogP contribution in [-0.4, -0.2) is 49.2 Å². The van der Waals surface area contributed by atoms with Gasteiger partial charge in [-0.1, -0.05) is 53.7 Å². The zero-order valence-corrected chi connectivity index (χ0v) is 23.4. The lowest BCUT2D eigenvalue weighted by Gasteiger charge is -2.59. The highest BCUT2D eigenvalue weighted by Crippen LogP contribution is 2.65. The Morgan fingerprint density at radius 3 is 2.21 bits per heavy atom. The molecule has 8 nitrogen and oxygen atoms in total. The first-order chi connectivity index (χ1) is 17.9. The number of allylic oxidation sites excluding steroid dienone is 3. The van der Waals surface area contributed by atoms with E-state index < -0.39 is 56.8 Å². The average molecular weight is 537 g/mol. The number of carbonyl (C=O) groups excluding carboxylic acids is 4. The molecule has 1 aromatic rings. The fourth-order valence-corrected chi connectivity index (χ4v) is 7.28. The van der Waals surface area contributed by atoms with E-state index in [-0.39, 0.29) is 47.3 Å². The standard InChI is InChI=1S/C31H36O8/c1-14(2)19(33)10-8-17-9-11-20(34)22-18(17)12-29(6)13-30(7)23(15(3)4)25(35)21(16(5)32)27(37)31(30,39)28(38)24(29)26(22)36/h8-11,14-15,23,34-35,38-39H,12-13H2,1-7H3/b10-8+/t23?,29-,30-,31+/m1/s1. The SMILES string of the molecule is CC(=O)C1=C(O)C(C(C)C)[C@@]2(C)C[C@@]3(C)Cc4c(/C=C/C(=O)C(C)C)ccc(O)c4C(=O)C3=C(O)[C@@]2(O)C1=O. The molecule has 3 aliphatic carbocycles. The number of carbonyl (C=O) groups is 4. The second kappa shape index (κ2) is 9.01. The van der Waals surface area contributed by atoms with Crippen molar-refractivity contribution in [2.45, 2.75) is 66.9 Å². The Balaban J connectivity index is 2.01. The quantitative estimate of drug-likeness (QED) is 0.315. The van der Waals surface area contributed by atoms with Crippen molar-refractivity contribution in [1.82, 2.24) is 0 Å². The summed E-state index contributed by atoms with van der Waals surface area (Å²) in [6.07, 6.45) is 3.18. The van der Waals surface area contributed by atoms with E-state index in [0.29, 0.717) is 11.1 Å². The van der Waals surface area contributed by atoms with Crippen molar-refractivity contribution in [3.63, 3.8) is 0 Å². The van der Waals surface area contributed by atoms with Gasteiger partial charge in [0.1, 0.15) is 22.8 Å². The molecule has 0 aromatic heterocycles. The van der Waals surface area contributed by atoms with Gasteiger partial charge in [0.15, 0.2) is 23.0 Å². The van der Waals surface area contributed by atoms with Gasteiger partial charge in [-0.25, -0.2) is 0 Å². The summed E-state index contributed by atoms with van der Waals surface area (Å²) in [6, 6.07) is 2.94. The van der Waals surface area contributed by atoms with Crippen molar-refractivity contribution in [3.8, 4) is 5.75 Å². The number of aromatic hydroxyl groups is 1. The van der Waals surface area contributed by atoms with E-state index in [1.165, 1.54) is 12.1 Å². The predicted molar refractivity (Wildman–Crippen MR) is 144 cm³/mol. The molecule has 208 valence electrons. The van der Waals surface area contributed by atoms with Gasteiger partial charge in [-0.2, -0.15) is 0 Å². The van der Waals surface area contributed by atoms with Crippen molar-refractivity contribution in [3.05, 3.63) is 57.6 Å². The summed E-state index contributed by atoms with van der Waals surface area (Å²) in [7, 11) is 0. The fraction of sp³-hybridized carbons (Fsp3) is 0.484. The number of rotatable bonds is 5. The summed E-state index contributed by atoms with van der Waals surface area (Å²) in [6.45, 7) is 11.5. The molecule has 0 fully saturated rings. The monoisotopic (exact) mass is 536 g/mol. The van der Waals surface area contributed by atoms with Crippen molar-refractivity contribution in [2.75, 3.05) is 0 Å². The first kappa shape index (κ1) is 28.5. The topological polar surface area (TPSA) is 149 Å². The summed E-state index contributed by atoms with van der Waals surface area (Å²) >= 11 is 0. The lowest BCUT2D eigenvalue weighted by molar-refractivity contribution is -0.171. The molecule has 0 aliphatic heterocycles. The van der Waals surface area contributed by atoms with Crippen LogP contribution in [0.4, 0.5) is 0 Å². The zero-order valence-electron chi connectivity index (χ0n) is 23.4. The van der Waals surface area contributed by atoms with Gasteiger partial charge in [-0.3, -0.25) is 19.2 Å². The second-order valence-electron chi connectivity index (χ2n) is 12.4. The van der Waals surface area contributed by atoms with Gasteiger partial charge in [-0.15, -0.1) is 0 Å². The molecule has 4 rings (SSSR count). The van der Waals surface area contributed by atoms with Gasteiger partial charge in [-0.05, 0) is 49.0 Å². The highest BCUT2D eigenvalue weighted by molar-refractivity contribution is 6.25. The van der Waals surface area contributed by atoms with Gasteiger partial charge in [0.2, 0.25) is 5.78 Å². The fourth-order valence-electron chi connectivity index (χ4n) is 7.28. The summed E-state index contributed by atoms with van der Waals surface area (Å²) in [5, 5.41) is 45.6. The average Bonchev–Trinajstić information content (AvgIpc) is 2.80. The predicted octanol–water partition coefficient (Wildman–Crippen LogP) is 4.58. The normalized spacial score (nSPS) is 30.7. The van der Waals surface area contributed by atoms with Crippen LogP contribution in [-0.2, 0) is 20.8 Å². The molecule has 1 aromatic carbocycles. The molecule has 3 aliphatic rings. The number of phenols is 1. The van der Waals surface area contributed by atoms with E-state index in [9.17, 15) is 39.6 Å². The Bertz CT molecular complexity index is 1420. The minimum Gasteiger partial charge on any atom is -0.511 e. The molecule has 4 atom stereocenters. The summed E-state index contributed by atoms with van der Waals surface area (Å²) in [5.41, 5.74) is -5.08. The van der Waals surface area contributed by atoms with Gasteiger partial charge in [0, 0.05) is 28.2 Å². The summed E-state index contributed by atoms with van der Waals surface area (Å²) in [5.74, 6) is -5.83. The molecule has 39 heavy (non-hydrogen) atoms. The van der Waals surface area contributed by atoms with E-state index in [0.717, 1.165) is 6.92 Å². The van der Waals surface area contributed by atoms with Crippen molar-refractivity contribution < 1.29 is 39.6 Å². The van der Waals surface area contributed by atoms with Crippen molar-refractivity contribution >= 4 is 29.2 Å². The Morgan fingerprint density at radius 1 is 1.05 bits per heavy atom. The van der Waals surface area contributed by atoms with Crippen LogP contribution in [0, 0.1) is 28.6 Å². The maximum atomic E-state index is 14.0. The molecule has 0 heterocycles. The Kier molecular flexibility index (Phi) is 6.58. The third-order valence-corrected chi connectivity index (χ3v) is 8.92. The third-order valence-electron chi connectivity index (χ3n) is 8.92. The molecule has 0 saturated heterocycles. The molecule has 0 amide bonds. The first-order valence-electron chi connectivity index (χ1n) is 13.2. The van der Waals surface area contributed by atoms with Gasteiger partial charge in [0.05, 0.1) is 5.56 Å². The third kappa shape index (κ3) is 3.75. The van der Waals surface area contributed by atoms with Crippen LogP contribution in [0.1, 0.15) is 76.4 Å². The molecular weight excluding hydrogens is 500 g/mol. The summed E-state index contributed by atoms with van der Waals surface area (Å²) < 4.78 is 0. The molecule has 0 spiro atoms. The van der Waals surface area contributed by atoms with Crippen LogP contribution < -0.4 is 0 Å². The highest BCUT2D eigenvalue weighted by Gasteiger charge is 2.71. The molecular formula is C31H36O8. The Hall–Kier alpha value is -3.52. The summed E-state index contributed by atoms with van der Waals surface area (Å²) in [4.78, 5) is 52.4. The molecule has 8 heteroatoms. The number of hydrogen-bond acceptors (Lipinski definition) is 8. The van der Waals surface area contributed by atoms with Crippen LogP contribution in [0.5, 0.6) is 5.75 Å². The van der Waals surface area contributed by atoms with E-state index in [1.807, 2.05) is 0 Å². The first-order valence-corrected chi connectivity index (χ1v) is 13.2. The van der Waals surface area contributed by atoms with Crippen molar-refractivity contribution in [2.24, 2.45) is 28.6 Å². The molecule has 0 bridgehead atoms. The molecule has 1 unspecified atom stereocenters. The zero-order chi connectivity index (χ0) is 29.4. The maximum Gasteiger partial charge on any atom is 0.209 e. The van der Waals surface area contributed by atoms with Crippen LogP contribution in [0.25, 0.3) is 6.08 Å². The van der Waals surface area contributed by atoms with E-state index in [4.69, 9.17) is 0 Å². The number of Topliss-reactive ketones (excluding diaryl/α,β-unsaturated/α-hetero) is 3.